The van der Waals surface area contributed by atoms with Gasteiger partial charge in [-0.3, -0.25) is 4.68 Å². The molecule has 94 valence electrons. The van der Waals surface area contributed by atoms with Crippen LogP contribution < -0.4 is 5.32 Å². The molecular formula is C13H21N3S. The molecule has 17 heavy (non-hydrogen) atoms. The molecule has 1 atom stereocenters. The monoisotopic (exact) mass is 251 g/mol. The third-order valence-electron chi connectivity index (χ3n) is 3.94. The molecule has 3 nitrogen and oxygen atoms in total. The van der Waals surface area contributed by atoms with E-state index in [1.807, 2.05) is 12.3 Å². The van der Waals surface area contributed by atoms with Gasteiger partial charge in [0.15, 0.2) is 0 Å². The Kier molecular flexibility index (Phi) is 3.43. The Balaban J connectivity index is 1.47. The van der Waals surface area contributed by atoms with E-state index in [4.69, 9.17) is 0 Å². The Hall–Kier alpha value is -0.480. The van der Waals surface area contributed by atoms with Crippen molar-refractivity contribution in [1.82, 2.24) is 15.1 Å². The Labute approximate surface area is 107 Å². The van der Waals surface area contributed by atoms with Crippen LogP contribution in [0, 0.1) is 5.41 Å². The number of rotatable bonds is 5. The molecule has 0 spiro atoms. The number of hydrogen-bond acceptors (Lipinski definition) is 3. The second-order valence-corrected chi connectivity index (χ2v) is 6.65. The summed E-state index contributed by atoms with van der Waals surface area (Å²) in [6.45, 7) is 2.27. The molecule has 1 aliphatic carbocycles. The molecule has 1 saturated heterocycles. The molecule has 1 saturated carbocycles. The first kappa shape index (κ1) is 11.6. The van der Waals surface area contributed by atoms with Crippen molar-refractivity contribution >= 4 is 11.8 Å². The lowest BCUT2D eigenvalue weighted by Gasteiger charge is -2.25. The van der Waals surface area contributed by atoms with Crippen molar-refractivity contribution in [3.8, 4) is 0 Å². The molecule has 0 aromatic carbocycles. The minimum Gasteiger partial charge on any atom is -0.313 e. The van der Waals surface area contributed by atoms with Crippen LogP contribution in [0.25, 0.3) is 0 Å². The third-order valence-corrected chi connectivity index (χ3v) is 5.16. The summed E-state index contributed by atoms with van der Waals surface area (Å²) in [5.41, 5.74) is 0.508. The number of nitrogens with zero attached hydrogens (tertiary/aromatic N) is 2. The molecule has 1 N–H and O–H groups in total. The van der Waals surface area contributed by atoms with Crippen molar-refractivity contribution in [2.45, 2.75) is 38.3 Å². The van der Waals surface area contributed by atoms with E-state index in [-0.39, 0.29) is 0 Å². The van der Waals surface area contributed by atoms with Crippen molar-refractivity contribution in [2.75, 3.05) is 18.1 Å². The molecule has 2 fully saturated rings. The maximum atomic E-state index is 4.32. The molecule has 0 amide bonds. The second-order valence-electron chi connectivity index (χ2n) is 5.50. The number of aromatic nitrogens is 2. The van der Waals surface area contributed by atoms with E-state index in [0.29, 0.717) is 5.41 Å². The fraction of sp³-hybridized carbons (Fsp3) is 0.769. The molecule has 0 unspecified atom stereocenters. The first-order valence-corrected chi connectivity index (χ1v) is 7.80. The summed E-state index contributed by atoms with van der Waals surface area (Å²) in [6, 6.07) is 2.77. The third kappa shape index (κ3) is 3.05. The summed E-state index contributed by atoms with van der Waals surface area (Å²) in [5.74, 6) is 2.66. The Bertz CT molecular complexity index is 340. The van der Waals surface area contributed by atoms with Gasteiger partial charge in [-0.05, 0) is 37.5 Å². The van der Waals surface area contributed by atoms with Crippen molar-refractivity contribution < 1.29 is 0 Å². The molecule has 1 aromatic rings. The van der Waals surface area contributed by atoms with Gasteiger partial charge in [-0.15, -0.1) is 0 Å². The second kappa shape index (κ2) is 5.02. The van der Waals surface area contributed by atoms with Gasteiger partial charge in [0.2, 0.25) is 0 Å². The smallest absolute Gasteiger partial charge is 0.0489 e. The molecule has 2 aliphatic rings. The minimum atomic E-state index is 0.508. The molecule has 1 aliphatic heterocycles. The highest BCUT2D eigenvalue weighted by Gasteiger charge is 2.43. The van der Waals surface area contributed by atoms with Crippen molar-refractivity contribution in [3.05, 3.63) is 18.5 Å². The molecular weight excluding hydrogens is 230 g/mol. The highest BCUT2D eigenvalue weighted by Crippen LogP contribution is 2.46. The van der Waals surface area contributed by atoms with Gasteiger partial charge in [-0.25, -0.2) is 0 Å². The standard InChI is InChI=1S/C13H21N3S/c1-3-12(9-17-8-1)14-10-13(4-5-13)11-16-7-2-6-15-16/h2,6-7,12,14H,1,3-5,8-11H2/t12-/m0/s1. The minimum absolute atomic E-state index is 0.508. The molecule has 0 bridgehead atoms. The maximum Gasteiger partial charge on any atom is 0.0489 e. The van der Waals surface area contributed by atoms with Gasteiger partial charge in [-0.2, -0.15) is 16.9 Å². The lowest BCUT2D eigenvalue weighted by Crippen LogP contribution is -2.38. The van der Waals surface area contributed by atoms with Gasteiger partial charge < -0.3 is 5.32 Å². The van der Waals surface area contributed by atoms with Crippen molar-refractivity contribution in [1.29, 1.82) is 0 Å². The quantitative estimate of drug-likeness (QED) is 0.869. The largest absolute Gasteiger partial charge is 0.313 e. The van der Waals surface area contributed by atoms with Gasteiger partial charge >= 0.3 is 0 Å². The van der Waals surface area contributed by atoms with Gasteiger partial charge in [0.1, 0.15) is 0 Å². The van der Waals surface area contributed by atoms with Crippen molar-refractivity contribution in [3.63, 3.8) is 0 Å². The summed E-state index contributed by atoms with van der Waals surface area (Å²) in [6.07, 6.45) is 9.43. The van der Waals surface area contributed by atoms with Crippen LogP contribution in [0.3, 0.4) is 0 Å². The van der Waals surface area contributed by atoms with E-state index in [0.717, 1.165) is 12.6 Å². The predicted octanol–water partition coefficient (Wildman–Crippen LogP) is 2.15. The fourth-order valence-corrected chi connectivity index (χ4v) is 3.67. The normalized spacial score (nSPS) is 26.9. The van der Waals surface area contributed by atoms with E-state index in [2.05, 4.69) is 33.1 Å². The van der Waals surface area contributed by atoms with E-state index in [1.165, 1.54) is 43.7 Å². The SMILES string of the molecule is c1cnn(CC2(CN[C@H]3CCCSC3)CC2)c1. The molecule has 0 radical (unpaired) electrons. The summed E-state index contributed by atoms with van der Waals surface area (Å²) in [4.78, 5) is 0. The van der Waals surface area contributed by atoms with Gasteiger partial charge in [0, 0.05) is 42.7 Å². The average molecular weight is 251 g/mol. The summed E-state index contributed by atoms with van der Waals surface area (Å²) in [7, 11) is 0. The summed E-state index contributed by atoms with van der Waals surface area (Å²) < 4.78 is 2.09. The molecule has 3 rings (SSSR count). The summed E-state index contributed by atoms with van der Waals surface area (Å²) in [5, 5.41) is 8.10. The van der Waals surface area contributed by atoms with Crippen LogP contribution in [-0.4, -0.2) is 33.9 Å². The molecule has 2 heterocycles. The van der Waals surface area contributed by atoms with Crippen LogP contribution in [0.5, 0.6) is 0 Å². The highest BCUT2D eigenvalue weighted by molar-refractivity contribution is 7.99. The highest BCUT2D eigenvalue weighted by atomic mass is 32.2. The lowest BCUT2D eigenvalue weighted by molar-refractivity contribution is 0.350. The van der Waals surface area contributed by atoms with Crippen LogP contribution >= 0.6 is 11.8 Å². The zero-order valence-corrected chi connectivity index (χ0v) is 11.1. The van der Waals surface area contributed by atoms with Crippen LogP contribution in [0.15, 0.2) is 18.5 Å². The van der Waals surface area contributed by atoms with E-state index in [9.17, 15) is 0 Å². The van der Waals surface area contributed by atoms with E-state index in [1.54, 1.807) is 0 Å². The number of hydrogen-bond donors (Lipinski definition) is 1. The Morgan fingerprint density at radius 1 is 1.47 bits per heavy atom. The topological polar surface area (TPSA) is 29.9 Å². The summed E-state index contributed by atoms with van der Waals surface area (Å²) >= 11 is 2.10. The average Bonchev–Trinajstić information content (AvgIpc) is 2.93. The Morgan fingerprint density at radius 3 is 3.06 bits per heavy atom. The van der Waals surface area contributed by atoms with Crippen LogP contribution in [0.1, 0.15) is 25.7 Å². The van der Waals surface area contributed by atoms with E-state index >= 15 is 0 Å². The number of nitrogens with one attached hydrogen (secondary N) is 1. The zero-order valence-electron chi connectivity index (χ0n) is 10.3. The first-order chi connectivity index (χ1) is 8.36. The number of thioether (sulfide) groups is 1. The van der Waals surface area contributed by atoms with Gasteiger partial charge in [0.05, 0.1) is 0 Å². The van der Waals surface area contributed by atoms with Crippen LogP contribution in [-0.2, 0) is 6.54 Å². The maximum absolute atomic E-state index is 4.32. The first-order valence-electron chi connectivity index (χ1n) is 6.65. The van der Waals surface area contributed by atoms with Crippen LogP contribution in [0.4, 0.5) is 0 Å². The van der Waals surface area contributed by atoms with Gasteiger partial charge in [0.25, 0.3) is 0 Å². The lowest BCUT2D eigenvalue weighted by atomic mass is 10.1. The zero-order chi connectivity index (χ0) is 11.6. The molecule has 4 heteroatoms. The van der Waals surface area contributed by atoms with Crippen LogP contribution in [0.2, 0.25) is 0 Å². The Morgan fingerprint density at radius 2 is 2.41 bits per heavy atom. The van der Waals surface area contributed by atoms with E-state index < -0.39 is 0 Å². The molecule has 1 aromatic heterocycles. The predicted molar refractivity (Wildman–Crippen MR) is 72.2 cm³/mol. The van der Waals surface area contributed by atoms with Crippen molar-refractivity contribution in [2.24, 2.45) is 5.41 Å². The fourth-order valence-electron chi connectivity index (χ4n) is 2.57. The van der Waals surface area contributed by atoms with Gasteiger partial charge in [-0.1, -0.05) is 0 Å².